The van der Waals surface area contributed by atoms with E-state index in [1.165, 1.54) is 0 Å². The fraction of sp³-hybridized carbons (Fsp3) is 0.312. The minimum Gasteiger partial charge on any atom is -0.481 e. The van der Waals surface area contributed by atoms with E-state index in [1.807, 2.05) is 31.2 Å². The third-order valence-electron chi connectivity index (χ3n) is 3.91. The number of hydrogen-bond acceptors (Lipinski definition) is 3. The molecule has 0 amide bonds. The predicted octanol–water partition coefficient (Wildman–Crippen LogP) is 3.40. The van der Waals surface area contributed by atoms with Crippen molar-refractivity contribution in [2.45, 2.75) is 26.2 Å². The highest BCUT2D eigenvalue weighted by Crippen LogP contribution is 2.29. The highest BCUT2D eigenvalue weighted by atomic mass is 79.9. The van der Waals surface area contributed by atoms with Crippen LogP contribution in [0.3, 0.4) is 0 Å². The molecular weight excluding hydrogens is 332 g/mol. The first-order valence-corrected chi connectivity index (χ1v) is 7.69. The van der Waals surface area contributed by atoms with Gasteiger partial charge in [0.25, 0.3) is 0 Å². The van der Waals surface area contributed by atoms with Gasteiger partial charge in [0.2, 0.25) is 0 Å². The van der Waals surface area contributed by atoms with Crippen molar-refractivity contribution in [2.24, 2.45) is 5.92 Å². The van der Waals surface area contributed by atoms with Gasteiger partial charge in [-0.05, 0) is 43.9 Å². The summed E-state index contributed by atoms with van der Waals surface area (Å²) in [7, 11) is 0. The summed E-state index contributed by atoms with van der Waals surface area (Å²) in [6.45, 7) is 1.94. The van der Waals surface area contributed by atoms with Gasteiger partial charge in [-0.1, -0.05) is 28.1 Å². The van der Waals surface area contributed by atoms with E-state index in [1.54, 1.807) is 0 Å². The summed E-state index contributed by atoms with van der Waals surface area (Å²) in [5.74, 6) is -0.325. The van der Waals surface area contributed by atoms with Crippen molar-refractivity contribution in [3.8, 4) is 11.4 Å². The molecule has 4 nitrogen and oxygen atoms in total. The maximum atomic E-state index is 11.2. The summed E-state index contributed by atoms with van der Waals surface area (Å²) < 4.78 is 0.991. The van der Waals surface area contributed by atoms with Crippen LogP contribution in [-0.2, 0) is 17.6 Å². The molecule has 1 N–H and O–H groups in total. The number of fused-ring (bicyclic) bond motifs is 1. The van der Waals surface area contributed by atoms with Crippen LogP contribution >= 0.6 is 15.9 Å². The lowest BCUT2D eigenvalue weighted by atomic mass is 9.86. The molecule has 1 heterocycles. The van der Waals surface area contributed by atoms with Crippen LogP contribution < -0.4 is 0 Å². The SMILES string of the molecule is Cc1nc(-c2cccc(Br)c2)nc2c1CC(C(=O)O)CC2. The van der Waals surface area contributed by atoms with Gasteiger partial charge in [0.05, 0.1) is 5.92 Å². The molecule has 0 aliphatic heterocycles. The average molecular weight is 347 g/mol. The summed E-state index contributed by atoms with van der Waals surface area (Å²) >= 11 is 3.46. The number of aryl methyl sites for hydroxylation is 2. The second-order valence-electron chi connectivity index (χ2n) is 5.35. The fourth-order valence-corrected chi connectivity index (χ4v) is 3.15. The van der Waals surface area contributed by atoms with Crippen molar-refractivity contribution in [1.82, 2.24) is 9.97 Å². The Balaban J connectivity index is 2.01. The molecule has 1 aliphatic rings. The zero-order valence-corrected chi connectivity index (χ0v) is 13.2. The molecule has 108 valence electrons. The van der Waals surface area contributed by atoms with Crippen molar-refractivity contribution in [3.05, 3.63) is 45.7 Å². The molecule has 21 heavy (non-hydrogen) atoms. The molecule has 0 radical (unpaired) electrons. The van der Waals surface area contributed by atoms with Gasteiger partial charge >= 0.3 is 5.97 Å². The topological polar surface area (TPSA) is 63.1 Å². The van der Waals surface area contributed by atoms with Crippen LogP contribution in [0.4, 0.5) is 0 Å². The van der Waals surface area contributed by atoms with Crippen LogP contribution in [0.5, 0.6) is 0 Å². The van der Waals surface area contributed by atoms with E-state index >= 15 is 0 Å². The quantitative estimate of drug-likeness (QED) is 0.904. The Hall–Kier alpha value is -1.75. The number of carboxylic acid groups (broad SMARTS) is 1. The van der Waals surface area contributed by atoms with Crippen molar-refractivity contribution >= 4 is 21.9 Å². The number of aliphatic carboxylic acids is 1. The minimum absolute atomic E-state index is 0.309. The molecule has 0 saturated carbocycles. The second kappa shape index (κ2) is 5.56. The molecule has 1 aromatic heterocycles. The predicted molar refractivity (Wildman–Crippen MR) is 83.1 cm³/mol. The molecular formula is C16H15BrN2O2. The van der Waals surface area contributed by atoms with E-state index in [0.717, 1.165) is 27.0 Å². The molecule has 1 aromatic carbocycles. The zero-order chi connectivity index (χ0) is 15.0. The summed E-state index contributed by atoms with van der Waals surface area (Å²) in [5, 5.41) is 9.17. The lowest BCUT2D eigenvalue weighted by molar-refractivity contribution is -0.142. The third kappa shape index (κ3) is 2.83. The monoisotopic (exact) mass is 346 g/mol. The second-order valence-corrected chi connectivity index (χ2v) is 6.26. The van der Waals surface area contributed by atoms with Gasteiger partial charge in [0.15, 0.2) is 5.82 Å². The Kier molecular flexibility index (Phi) is 3.76. The molecule has 5 heteroatoms. The van der Waals surface area contributed by atoms with Gasteiger partial charge in [-0.3, -0.25) is 4.79 Å². The van der Waals surface area contributed by atoms with E-state index in [0.29, 0.717) is 25.1 Å². The highest BCUT2D eigenvalue weighted by molar-refractivity contribution is 9.10. The normalized spacial score (nSPS) is 17.3. The van der Waals surface area contributed by atoms with Crippen molar-refractivity contribution in [1.29, 1.82) is 0 Å². The van der Waals surface area contributed by atoms with Crippen molar-refractivity contribution in [2.75, 3.05) is 0 Å². The van der Waals surface area contributed by atoms with Gasteiger partial charge in [-0.2, -0.15) is 0 Å². The number of hydrogen-bond donors (Lipinski definition) is 1. The number of rotatable bonds is 2. The first kappa shape index (κ1) is 14.2. The first-order valence-electron chi connectivity index (χ1n) is 6.89. The Morgan fingerprint density at radius 3 is 2.90 bits per heavy atom. The van der Waals surface area contributed by atoms with Gasteiger partial charge in [-0.15, -0.1) is 0 Å². The smallest absolute Gasteiger partial charge is 0.306 e. The minimum atomic E-state index is -0.726. The van der Waals surface area contributed by atoms with Gasteiger partial charge in [0.1, 0.15) is 0 Å². The van der Waals surface area contributed by atoms with Gasteiger partial charge in [-0.25, -0.2) is 9.97 Å². The Morgan fingerprint density at radius 1 is 1.38 bits per heavy atom. The average Bonchev–Trinajstić information content (AvgIpc) is 2.46. The summed E-state index contributed by atoms with van der Waals surface area (Å²) in [6, 6.07) is 7.89. The van der Waals surface area contributed by atoms with Crippen LogP contribution in [0.25, 0.3) is 11.4 Å². The van der Waals surface area contributed by atoms with Crippen LogP contribution in [0.1, 0.15) is 23.4 Å². The standard InChI is InChI=1S/C16H15BrN2O2/c1-9-13-8-11(16(20)21)5-6-14(13)19-15(18-9)10-3-2-4-12(17)7-10/h2-4,7,11H,5-6,8H2,1H3,(H,20,21). The molecule has 1 aliphatic carbocycles. The van der Waals surface area contributed by atoms with E-state index in [9.17, 15) is 9.90 Å². The molecule has 0 bridgehead atoms. The lowest BCUT2D eigenvalue weighted by Crippen LogP contribution is -2.24. The number of aromatic nitrogens is 2. The molecule has 3 rings (SSSR count). The first-order chi connectivity index (χ1) is 10.0. The van der Waals surface area contributed by atoms with E-state index in [4.69, 9.17) is 0 Å². The summed E-state index contributed by atoms with van der Waals surface area (Å²) in [4.78, 5) is 20.4. The molecule has 1 atom stereocenters. The third-order valence-corrected chi connectivity index (χ3v) is 4.40. The van der Waals surface area contributed by atoms with E-state index in [-0.39, 0.29) is 5.92 Å². The van der Waals surface area contributed by atoms with Gasteiger partial charge < -0.3 is 5.11 Å². The Bertz CT molecular complexity index is 715. The molecule has 2 aromatic rings. The van der Waals surface area contributed by atoms with E-state index in [2.05, 4.69) is 25.9 Å². The van der Waals surface area contributed by atoms with Crippen LogP contribution in [-0.4, -0.2) is 21.0 Å². The van der Waals surface area contributed by atoms with Gasteiger partial charge in [0, 0.05) is 21.4 Å². The number of carboxylic acids is 1. The number of halogens is 1. The maximum absolute atomic E-state index is 11.2. The number of benzene rings is 1. The molecule has 0 saturated heterocycles. The molecule has 1 unspecified atom stereocenters. The van der Waals surface area contributed by atoms with Crippen LogP contribution in [0.2, 0.25) is 0 Å². The molecule has 0 fully saturated rings. The highest BCUT2D eigenvalue weighted by Gasteiger charge is 2.27. The molecule has 0 spiro atoms. The Labute approximate surface area is 131 Å². The van der Waals surface area contributed by atoms with Crippen LogP contribution in [0, 0.1) is 12.8 Å². The maximum Gasteiger partial charge on any atom is 0.306 e. The summed E-state index contributed by atoms with van der Waals surface area (Å²) in [5.41, 5.74) is 3.86. The Morgan fingerprint density at radius 2 is 2.19 bits per heavy atom. The van der Waals surface area contributed by atoms with Crippen molar-refractivity contribution < 1.29 is 9.90 Å². The number of nitrogens with zero attached hydrogens (tertiary/aromatic N) is 2. The largest absolute Gasteiger partial charge is 0.481 e. The number of carbonyl (C=O) groups is 1. The van der Waals surface area contributed by atoms with E-state index < -0.39 is 5.97 Å². The van der Waals surface area contributed by atoms with Crippen LogP contribution in [0.15, 0.2) is 28.7 Å². The zero-order valence-electron chi connectivity index (χ0n) is 11.6. The van der Waals surface area contributed by atoms with Crippen molar-refractivity contribution in [3.63, 3.8) is 0 Å². The fourth-order valence-electron chi connectivity index (χ4n) is 2.75. The lowest BCUT2D eigenvalue weighted by Gasteiger charge is -2.22. The summed E-state index contributed by atoms with van der Waals surface area (Å²) in [6.07, 6.45) is 1.89.